The monoisotopic (exact) mass is 199 g/mol. The van der Waals surface area contributed by atoms with Crippen LogP contribution in [0.15, 0.2) is 0 Å². The zero-order valence-electron chi connectivity index (χ0n) is 9.43. The minimum atomic E-state index is -0.437. The maximum absolute atomic E-state index is 11.7. The molecule has 14 heavy (non-hydrogen) atoms. The number of ether oxygens (including phenoxy) is 1. The molecule has 0 saturated carbocycles. The Labute approximate surface area is 86.2 Å². The summed E-state index contributed by atoms with van der Waals surface area (Å²) in [6, 6.07) is 0. The summed E-state index contributed by atoms with van der Waals surface area (Å²) in [7, 11) is 0. The Hall–Kier alpha value is -0.570. The average Bonchev–Trinajstić information content (AvgIpc) is 2.15. The van der Waals surface area contributed by atoms with Gasteiger partial charge in [0.1, 0.15) is 5.54 Å². The SMILES string of the molecule is CC(C)COC(=O)C1(C)CCCCN1. The maximum Gasteiger partial charge on any atom is 0.326 e. The van der Waals surface area contributed by atoms with Crippen molar-refractivity contribution in [2.24, 2.45) is 5.92 Å². The van der Waals surface area contributed by atoms with Crippen molar-refractivity contribution in [2.75, 3.05) is 13.2 Å². The first-order valence-electron chi connectivity index (χ1n) is 5.47. The fraction of sp³-hybridized carbons (Fsp3) is 0.909. The molecule has 82 valence electrons. The highest BCUT2D eigenvalue weighted by molar-refractivity contribution is 5.80. The van der Waals surface area contributed by atoms with Crippen molar-refractivity contribution in [1.82, 2.24) is 5.32 Å². The van der Waals surface area contributed by atoms with E-state index in [1.807, 2.05) is 20.8 Å². The fourth-order valence-electron chi connectivity index (χ4n) is 1.63. The number of carbonyl (C=O) groups is 1. The highest BCUT2D eigenvalue weighted by atomic mass is 16.5. The highest BCUT2D eigenvalue weighted by Crippen LogP contribution is 2.20. The van der Waals surface area contributed by atoms with Gasteiger partial charge in [-0.15, -0.1) is 0 Å². The van der Waals surface area contributed by atoms with Gasteiger partial charge in [-0.25, -0.2) is 0 Å². The van der Waals surface area contributed by atoms with Crippen molar-refractivity contribution in [3.63, 3.8) is 0 Å². The van der Waals surface area contributed by atoms with Crippen molar-refractivity contribution in [2.45, 2.75) is 45.6 Å². The van der Waals surface area contributed by atoms with Gasteiger partial charge in [0.15, 0.2) is 0 Å². The second-order valence-electron chi connectivity index (χ2n) is 4.71. The molecule has 0 radical (unpaired) electrons. The van der Waals surface area contributed by atoms with Crippen LogP contribution in [-0.2, 0) is 9.53 Å². The number of nitrogens with one attached hydrogen (secondary N) is 1. The van der Waals surface area contributed by atoms with Crippen molar-refractivity contribution in [3.8, 4) is 0 Å². The Morgan fingerprint density at radius 3 is 2.71 bits per heavy atom. The molecular weight excluding hydrogens is 178 g/mol. The van der Waals surface area contributed by atoms with Gasteiger partial charge in [0.25, 0.3) is 0 Å². The van der Waals surface area contributed by atoms with Crippen molar-refractivity contribution >= 4 is 5.97 Å². The summed E-state index contributed by atoms with van der Waals surface area (Å²) in [5, 5.41) is 3.24. The molecule has 0 amide bonds. The van der Waals surface area contributed by atoms with Gasteiger partial charge in [-0.3, -0.25) is 4.79 Å². The molecule has 1 N–H and O–H groups in total. The first-order chi connectivity index (χ1) is 6.54. The van der Waals surface area contributed by atoms with E-state index in [1.165, 1.54) is 0 Å². The molecule has 1 saturated heterocycles. The Kier molecular flexibility index (Phi) is 3.93. The summed E-state index contributed by atoms with van der Waals surface area (Å²) in [4.78, 5) is 11.7. The molecule has 0 aromatic heterocycles. The van der Waals surface area contributed by atoms with Crippen LogP contribution in [0, 0.1) is 5.92 Å². The molecular formula is C11H21NO2. The van der Waals surface area contributed by atoms with Gasteiger partial charge < -0.3 is 10.1 Å². The molecule has 1 aliphatic rings. The molecule has 0 bridgehead atoms. The lowest BCUT2D eigenvalue weighted by molar-refractivity contribution is -0.153. The molecule has 1 unspecified atom stereocenters. The van der Waals surface area contributed by atoms with E-state index in [0.29, 0.717) is 12.5 Å². The lowest BCUT2D eigenvalue weighted by atomic mass is 9.91. The van der Waals surface area contributed by atoms with Gasteiger partial charge in [-0.2, -0.15) is 0 Å². The van der Waals surface area contributed by atoms with E-state index in [2.05, 4.69) is 5.32 Å². The third kappa shape index (κ3) is 2.98. The molecule has 1 heterocycles. The van der Waals surface area contributed by atoms with Gasteiger partial charge in [-0.1, -0.05) is 13.8 Å². The predicted molar refractivity (Wildman–Crippen MR) is 56.1 cm³/mol. The first kappa shape index (κ1) is 11.5. The van der Waals surface area contributed by atoms with Crippen molar-refractivity contribution < 1.29 is 9.53 Å². The molecule has 3 heteroatoms. The third-order valence-electron chi connectivity index (χ3n) is 2.62. The van der Waals surface area contributed by atoms with Crippen LogP contribution in [0.25, 0.3) is 0 Å². The zero-order valence-corrected chi connectivity index (χ0v) is 9.43. The van der Waals surface area contributed by atoms with Crippen LogP contribution >= 0.6 is 0 Å². The standard InChI is InChI=1S/C11H21NO2/c1-9(2)8-14-10(13)11(3)6-4-5-7-12-11/h9,12H,4-8H2,1-3H3. The third-order valence-corrected chi connectivity index (χ3v) is 2.62. The molecule has 1 atom stereocenters. The summed E-state index contributed by atoms with van der Waals surface area (Å²) >= 11 is 0. The van der Waals surface area contributed by atoms with Crippen LogP contribution in [-0.4, -0.2) is 24.7 Å². The van der Waals surface area contributed by atoms with Crippen molar-refractivity contribution in [3.05, 3.63) is 0 Å². The normalized spacial score (nSPS) is 27.7. The Bertz CT molecular complexity index is 195. The quantitative estimate of drug-likeness (QED) is 0.703. The Morgan fingerprint density at radius 1 is 1.50 bits per heavy atom. The van der Waals surface area contributed by atoms with Gasteiger partial charge in [-0.05, 0) is 38.6 Å². The summed E-state index contributed by atoms with van der Waals surface area (Å²) < 4.78 is 5.24. The fourth-order valence-corrected chi connectivity index (χ4v) is 1.63. The number of esters is 1. The number of hydrogen-bond acceptors (Lipinski definition) is 3. The van der Waals surface area contributed by atoms with Crippen LogP contribution in [0.1, 0.15) is 40.0 Å². The van der Waals surface area contributed by atoms with Gasteiger partial charge in [0.05, 0.1) is 6.61 Å². The highest BCUT2D eigenvalue weighted by Gasteiger charge is 2.35. The smallest absolute Gasteiger partial charge is 0.326 e. The molecule has 3 nitrogen and oxygen atoms in total. The summed E-state index contributed by atoms with van der Waals surface area (Å²) in [5.41, 5.74) is -0.437. The number of rotatable bonds is 3. The van der Waals surface area contributed by atoms with Gasteiger partial charge in [0.2, 0.25) is 0 Å². The predicted octanol–water partition coefficient (Wildman–Crippen LogP) is 1.72. The van der Waals surface area contributed by atoms with Gasteiger partial charge in [0, 0.05) is 0 Å². The van der Waals surface area contributed by atoms with E-state index in [1.54, 1.807) is 0 Å². The molecule has 1 fully saturated rings. The first-order valence-corrected chi connectivity index (χ1v) is 5.47. The van der Waals surface area contributed by atoms with E-state index in [-0.39, 0.29) is 5.97 Å². The van der Waals surface area contributed by atoms with Gasteiger partial charge >= 0.3 is 5.97 Å². The van der Waals surface area contributed by atoms with Crippen LogP contribution in [0.5, 0.6) is 0 Å². The van der Waals surface area contributed by atoms with Crippen LogP contribution in [0.2, 0.25) is 0 Å². The Morgan fingerprint density at radius 2 is 2.21 bits per heavy atom. The van der Waals surface area contributed by atoms with Crippen LogP contribution < -0.4 is 5.32 Å². The minimum absolute atomic E-state index is 0.0918. The van der Waals surface area contributed by atoms with Crippen LogP contribution in [0.4, 0.5) is 0 Å². The average molecular weight is 199 g/mol. The lowest BCUT2D eigenvalue weighted by Gasteiger charge is -2.32. The molecule has 0 aliphatic carbocycles. The number of piperidine rings is 1. The zero-order chi connectivity index (χ0) is 10.6. The molecule has 0 spiro atoms. The summed E-state index contributed by atoms with van der Waals surface area (Å²) in [6.07, 6.45) is 3.16. The van der Waals surface area contributed by atoms with E-state index >= 15 is 0 Å². The minimum Gasteiger partial charge on any atom is -0.464 e. The number of hydrogen-bond donors (Lipinski definition) is 1. The van der Waals surface area contributed by atoms with E-state index < -0.39 is 5.54 Å². The molecule has 0 aromatic carbocycles. The van der Waals surface area contributed by atoms with Crippen LogP contribution in [0.3, 0.4) is 0 Å². The lowest BCUT2D eigenvalue weighted by Crippen LogP contribution is -2.53. The second kappa shape index (κ2) is 4.78. The molecule has 1 aliphatic heterocycles. The van der Waals surface area contributed by atoms with E-state index in [9.17, 15) is 4.79 Å². The second-order valence-corrected chi connectivity index (χ2v) is 4.71. The summed E-state index contributed by atoms with van der Waals surface area (Å²) in [6.45, 7) is 7.48. The maximum atomic E-state index is 11.7. The summed E-state index contributed by atoms with van der Waals surface area (Å²) in [5.74, 6) is 0.317. The van der Waals surface area contributed by atoms with E-state index in [4.69, 9.17) is 4.74 Å². The largest absolute Gasteiger partial charge is 0.464 e. The molecule has 0 aromatic rings. The number of carbonyl (C=O) groups excluding carboxylic acids is 1. The van der Waals surface area contributed by atoms with E-state index in [0.717, 1.165) is 25.8 Å². The Balaban J connectivity index is 2.41. The topological polar surface area (TPSA) is 38.3 Å². The van der Waals surface area contributed by atoms with Crippen molar-refractivity contribution in [1.29, 1.82) is 0 Å². The molecule has 1 rings (SSSR count).